The van der Waals surface area contributed by atoms with Gasteiger partial charge in [-0.15, -0.1) is 0 Å². The standard InChI is InChI=1S/C7H15NO.C2H6/c1-3-5-9-6-4-7(2)8;1-2/h3,5,7H,4,6,8H2,1-2H3;1-2H3/b5-3-;. The van der Waals surface area contributed by atoms with Crippen molar-refractivity contribution < 1.29 is 4.74 Å². The van der Waals surface area contributed by atoms with Gasteiger partial charge in [0.1, 0.15) is 0 Å². The van der Waals surface area contributed by atoms with E-state index in [0.717, 1.165) is 13.0 Å². The topological polar surface area (TPSA) is 35.2 Å². The Morgan fingerprint density at radius 1 is 1.45 bits per heavy atom. The fourth-order valence-electron chi connectivity index (χ4n) is 0.418. The summed E-state index contributed by atoms with van der Waals surface area (Å²) in [5, 5.41) is 0. The van der Waals surface area contributed by atoms with Crippen LogP contribution in [0.1, 0.15) is 34.1 Å². The Kier molecular flexibility index (Phi) is 14.5. The highest BCUT2D eigenvalue weighted by Crippen LogP contribution is 1.87. The van der Waals surface area contributed by atoms with Gasteiger partial charge in [0, 0.05) is 6.04 Å². The minimum absolute atomic E-state index is 0.246. The molecule has 2 nitrogen and oxygen atoms in total. The van der Waals surface area contributed by atoms with Crippen LogP contribution in [0, 0.1) is 0 Å². The maximum Gasteiger partial charge on any atom is 0.0887 e. The van der Waals surface area contributed by atoms with E-state index in [2.05, 4.69) is 0 Å². The molecule has 0 aromatic carbocycles. The first kappa shape index (κ1) is 13.1. The van der Waals surface area contributed by atoms with Crippen molar-refractivity contribution in [2.24, 2.45) is 5.73 Å². The van der Waals surface area contributed by atoms with Crippen molar-refractivity contribution in [1.82, 2.24) is 0 Å². The highest BCUT2D eigenvalue weighted by Gasteiger charge is 1.90. The van der Waals surface area contributed by atoms with E-state index in [1.165, 1.54) is 0 Å². The smallest absolute Gasteiger partial charge is 0.0887 e. The highest BCUT2D eigenvalue weighted by atomic mass is 16.5. The fourth-order valence-corrected chi connectivity index (χ4v) is 0.418. The van der Waals surface area contributed by atoms with Crippen LogP contribution in [0.25, 0.3) is 0 Å². The van der Waals surface area contributed by atoms with E-state index in [9.17, 15) is 0 Å². The molecule has 0 aliphatic carbocycles. The molecule has 0 spiro atoms. The molecule has 0 fully saturated rings. The van der Waals surface area contributed by atoms with Crippen molar-refractivity contribution in [2.75, 3.05) is 6.61 Å². The van der Waals surface area contributed by atoms with E-state index < -0.39 is 0 Å². The number of ether oxygens (including phenoxy) is 1. The van der Waals surface area contributed by atoms with Gasteiger partial charge in [-0.3, -0.25) is 0 Å². The van der Waals surface area contributed by atoms with Crippen LogP contribution in [0.4, 0.5) is 0 Å². The molecule has 0 bridgehead atoms. The molecule has 0 rings (SSSR count). The summed E-state index contributed by atoms with van der Waals surface area (Å²) in [6.45, 7) is 8.62. The number of hydrogen-bond acceptors (Lipinski definition) is 2. The maximum absolute atomic E-state index is 5.47. The molecule has 0 heterocycles. The Hall–Kier alpha value is -0.500. The Morgan fingerprint density at radius 2 is 2.00 bits per heavy atom. The van der Waals surface area contributed by atoms with Crippen molar-refractivity contribution in [3.63, 3.8) is 0 Å². The minimum Gasteiger partial charge on any atom is -0.501 e. The van der Waals surface area contributed by atoms with Gasteiger partial charge in [0.25, 0.3) is 0 Å². The van der Waals surface area contributed by atoms with Crippen LogP contribution in [0.2, 0.25) is 0 Å². The average molecular weight is 159 g/mol. The lowest BCUT2D eigenvalue weighted by molar-refractivity contribution is 0.237. The zero-order valence-corrected chi connectivity index (χ0v) is 8.13. The molecule has 11 heavy (non-hydrogen) atoms. The van der Waals surface area contributed by atoms with E-state index >= 15 is 0 Å². The zero-order chi connectivity index (χ0) is 9.11. The second-order valence-electron chi connectivity index (χ2n) is 2.11. The van der Waals surface area contributed by atoms with Crippen molar-refractivity contribution in [3.05, 3.63) is 12.3 Å². The molecule has 0 amide bonds. The summed E-state index contributed by atoms with van der Waals surface area (Å²) in [5.41, 5.74) is 5.47. The third-order valence-electron chi connectivity index (χ3n) is 0.923. The Bertz CT molecular complexity index is 79.6. The molecule has 2 N–H and O–H groups in total. The van der Waals surface area contributed by atoms with E-state index in [1.807, 2.05) is 33.8 Å². The van der Waals surface area contributed by atoms with E-state index in [4.69, 9.17) is 10.5 Å². The molecular formula is C9H21NO. The lowest BCUT2D eigenvalue weighted by atomic mass is 10.3. The summed E-state index contributed by atoms with van der Waals surface area (Å²) in [6, 6.07) is 0.246. The second-order valence-corrected chi connectivity index (χ2v) is 2.11. The third-order valence-corrected chi connectivity index (χ3v) is 0.923. The molecular weight excluding hydrogens is 138 g/mol. The van der Waals surface area contributed by atoms with Gasteiger partial charge in [-0.1, -0.05) is 19.9 Å². The number of hydrogen-bond donors (Lipinski definition) is 1. The van der Waals surface area contributed by atoms with Crippen molar-refractivity contribution >= 4 is 0 Å². The van der Waals surface area contributed by atoms with Crippen molar-refractivity contribution in [1.29, 1.82) is 0 Å². The predicted octanol–water partition coefficient (Wildman–Crippen LogP) is 2.30. The summed E-state index contributed by atoms with van der Waals surface area (Å²) in [4.78, 5) is 0. The number of nitrogens with two attached hydrogens (primary N) is 1. The molecule has 68 valence electrons. The van der Waals surface area contributed by atoms with Crippen LogP contribution in [0.5, 0.6) is 0 Å². The molecule has 0 radical (unpaired) electrons. The second kappa shape index (κ2) is 12.2. The first-order chi connectivity index (χ1) is 5.27. The third kappa shape index (κ3) is 17.7. The van der Waals surface area contributed by atoms with Gasteiger partial charge in [-0.2, -0.15) is 0 Å². The normalized spacial score (nSPS) is 12.1. The molecule has 0 saturated heterocycles. The Labute approximate surface area is 70.4 Å². The maximum atomic E-state index is 5.47. The summed E-state index contributed by atoms with van der Waals surface area (Å²) in [5.74, 6) is 0. The molecule has 0 aromatic rings. The Morgan fingerprint density at radius 3 is 2.36 bits per heavy atom. The van der Waals surface area contributed by atoms with Crippen molar-refractivity contribution in [3.8, 4) is 0 Å². The predicted molar refractivity (Wildman–Crippen MR) is 50.4 cm³/mol. The van der Waals surface area contributed by atoms with Gasteiger partial charge in [0.2, 0.25) is 0 Å². The summed E-state index contributed by atoms with van der Waals surface area (Å²) >= 11 is 0. The van der Waals surface area contributed by atoms with Gasteiger partial charge in [0.15, 0.2) is 0 Å². The van der Waals surface area contributed by atoms with E-state index in [1.54, 1.807) is 6.26 Å². The first-order valence-electron chi connectivity index (χ1n) is 4.25. The largest absolute Gasteiger partial charge is 0.501 e. The molecule has 1 unspecified atom stereocenters. The SMILES string of the molecule is C/C=C\OCCC(C)N.CC. The van der Waals surface area contributed by atoms with Crippen molar-refractivity contribution in [2.45, 2.75) is 40.2 Å². The van der Waals surface area contributed by atoms with Crippen LogP contribution in [-0.4, -0.2) is 12.6 Å². The zero-order valence-electron chi connectivity index (χ0n) is 8.13. The van der Waals surface area contributed by atoms with Gasteiger partial charge < -0.3 is 10.5 Å². The first-order valence-corrected chi connectivity index (χ1v) is 4.25. The van der Waals surface area contributed by atoms with E-state index in [0.29, 0.717) is 0 Å². The van der Waals surface area contributed by atoms with Crippen LogP contribution in [-0.2, 0) is 4.74 Å². The highest BCUT2D eigenvalue weighted by molar-refractivity contribution is 4.65. The molecule has 2 heteroatoms. The molecule has 0 aliphatic heterocycles. The lowest BCUT2D eigenvalue weighted by Crippen LogP contribution is -2.16. The van der Waals surface area contributed by atoms with Gasteiger partial charge in [-0.25, -0.2) is 0 Å². The minimum atomic E-state index is 0.246. The molecule has 0 aliphatic rings. The van der Waals surface area contributed by atoms with Gasteiger partial charge >= 0.3 is 0 Å². The van der Waals surface area contributed by atoms with Crippen LogP contribution >= 0.6 is 0 Å². The number of rotatable bonds is 4. The summed E-state index contributed by atoms with van der Waals surface area (Å²) < 4.78 is 5.03. The Balaban J connectivity index is 0. The molecule has 0 saturated carbocycles. The summed E-state index contributed by atoms with van der Waals surface area (Å²) in [7, 11) is 0. The van der Waals surface area contributed by atoms with E-state index in [-0.39, 0.29) is 6.04 Å². The quantitative estimate of drug-likeness (QED) is 0.504. The molecule has 0 aromatic heterocycles. The van der Waals surface area contributed by atoms with Gasteiger partial charge in [-0.05, 0) is 20.3 Å². The monoisotopic (exact) mass is 159 g/mol. The number of allylic oxidation sites excluding steroid dienone is 1. The van der Waals surface area contributed by atoms with Crippen LogP contribution in [0.15, 0.2) is 12.3 Å². The lowest BCUT2D eigenvalue weighted by Gasteiger charge is -2.02. The average Bonchev–Trinajstić information content (AvgIpc) is 2.02. The molecule has 1 atom stereocenters. The summed E-state index contributed by atoms with van der Waals surface area (Å²) in [6.07, 6.45) is 4.47. The van der Waals surface area contributed by atoms with Gasteiger partial charge in [0.05, 0.1) is 12.9 Å². The van der Waals surface area contributed by atoms with Crippen LogP contribution < -0.4 is 5.73 Å². The fraction of sp³-hybridized carbons (Fsp3) is 0.778. The van der Waals surface area contributed by atoms with Crippen LogP contribution in [0.3, 0.4) is 0 Å².